The predicted molar refractivity (Wildman–Crippen MR) is 84.7 cm³/mol. The molecule has 2 aromatic rings. The lowest BCUT2D eigenvalue weighted by Crippen LogP contribution is -2.19. The van der Waals surface area contributed by atoms with E-state index in [1.807, 2.05) is 18.2 Å². The van der Waals surface area contributed by atoms with Gasteiger partial charge < -0.3 is 5.32 Å². The van der Waals surface area contributed by atoms with Crippen molar-refractivity contribution < 1.29 is 4.92 Å². The lowest BCUT2D eigenvalue weighted by Gasteiger charge is -2.13. The van der Waals surface area contributed by atoms with Gasteiger partial charge in [0.2, 0.25) is 0 Å². The summed E-state index contributed by atoms with van der Waals surface area (Å²) in [5.41, 5.74) is 2.16. The van der Waals surface area contributed by atoms with Crippen molar-refractivity contribution in [3.05, 3.63) is 74.8 Å². The van der Waals surface area contributed by atoms with Gasteiger partial charge in [0.15, 0.2) is 0 Å². The van der Waals surface area contributed by atoms with Crippen LogP contribution in [0.4, 0.5) is 5.69 Å². The molecule has 5 heteroatoms. The van der Waals surface area contributed by atoms with Crippen LogP contribution in [0.15, 0.2) is 48.5 Å². The van der Waals surface area contributed by atoms with Crippen LogP contribution in [0.2, 0.25) is 5.02 Å². The summed E-state index contributed by atoms with van der Waals surface area (Å²) in [6, 6.07) is 14.8. The molecule has 2 aromatic carbocycles. The summed E-state index contributed by atoms with van der Waals surface area (Å²) in [4.78, 5) is 10.2. The Kier molecular flexibility index (Phi) is 5.31. The number of benzene rings is 2. The molecule has 0 aromatic heterocycles. The summed E-state index contributed by atoms with van der Waals surface area (Å²) in [6.07, 6.45) is 0. The standard InChI is InChI=1S/C16H17ClN2O2/c1-12(13-5-3-2-4-6-13)10-18-11-14-7-8-15(19(20)21)9-16(14)17/h2-9,12,18H,10-11H2,1H3. The van der Waals surface area contributed by atoms with Crippen LogP contribution in [0, 0.1) is 10.1 Å². The Morgan fingerprint density at radius 3 is 2.57 bits per heavy atom. The highest BCUT2D eigenvalue weighted by Crippen LogP contribution is 2.22. The fourth-order valence-electron chi connectivity index (χ4n) is 2.12. The van der Waals surface area contributed by atoms with Gasteiger partial charge in [-0.25, -0.2) is 0 Å². The molecule has 0 fully saturated rings. The molecule has 0 saturated carbocycles. The third-order valence-corrected chi connectivity index (χ3v) is 3.73. The van der Waals surface area contributed by atoms with E-state index in [0.717, 1.165) is 12.1 Å². The van der Waals surface area contributed by atoms with Crippen molar-refractivity contribution in [3.8, 4) is 0 Å². The molecule has 0 radical (unpaired) electrons. The molecule has 1 N–H and O–H groups in total. The Labute approximate surface area is 128 Å². The van der Waals surface area contributed by atoms with Gasteiger partial charge in [-0.3, -0.25) is 10.1 Å². The first-order chi connectivity index (χ1) is 10.1. The molecule has 1 unspecified atom stereocenters. The van der Waals surface area contributed by atoms with Gasteiger partial charge in [0.05, 0.1) is 9.95 Å². The van der Waals surface area contributed by atoms with Crippen LogP contribution in [0.1, 0.15) is 24.0 Å². The van der Waals surface area contributed by atoms with Gasteiger partial charge in [-0.1, -0.05) is 48.9 Å². The lowest BCUT2D eigenvalue weighted by atomic mass is 10.0. The van der Waals surface area contributed by atoms with Crippen LogP contribution in [0.5, 0.6) is 0 Å². The summed E-state index contributed by atoms with van der Waals surface area (Å²) in [7, 11) is 0. The van der Waals surface area contributed by atoms with E-state index >= 15 is 0 Å². The average molecular weight is 305 g/mol. The summed E-state index contributed by atoms with van der Waals surface area (Å²) in [6.45, 7) is 3.56. The fraction of sp³-hybridized carbons (Fsp3) is 0.250. The first-order valence-electron chi connectivity index (χ1n) is 6.76. The van der Waals surface area contributed by atoms with Gasteiger partial charge in [-0.15, -0.1) is 0 Å². The second-order valence-corrected chi connectivity index (χ2v) is 5.38. The number of non-ortho nitro benzene ring substituents is 1. The van der Waals surface area contributed by atoms with Crippen molar-refractivity contribution in [2.24, 2.45) is 0 Å². The second-order valence-electron chi connectivity index (χ2n) is 4.98. The Hall–Kier alpha value is -1.91. The number of halogens is 1. The Balaban J connectivity index is 1.90. The molecule has 21 heavy (non-hydrogen) atoms. The van der Waals surface area contributed by atoms with E-state index in [1.165, 1.54) is 17.7 Å². The topological polar surface area (TPSA) is 55.2 Å². The minimum absolute atomic E-state index is 0.0152. The van der Waals surface area contributed by atoms with Crippen LogP contribution in [0.25, 0.3) is 0 Å². The second kappa shape index (κ2) is 7.20. The van der Waals surface area contributed by atoms with Crippen molar-refractivity contribution in [3.63, 3.8) is 0 Å². The van der Waals surface area contributed by atoms with Crippen LogP contribution >= 0.6 is 11.6 Å². The van der Waals surface area contributed by atoms with Crippen LogP contribution in [-0.4, -0.2) is 11.5 Å². The van der Waals surface area contributed by atoms with E-state index in [0.29, 0.717) is 17.5 Å². The molecule has 0 saturated heterocycles. The number of hydrogen-bond donors (Lipinski definition) is 1. The van der Waals surface area contributed by atoms with Gasteiger partial charge in [0.1, 0.15) is 0 Å². The first kappa shape index (κ1) is 15.5. The van der Waals surface area contributed by atoms with E-state index in [2.05, 4.69) is 24.4 Å². The number of nitrogens with zero attached hydrogens (tertiary/aromatic N) is 1. The maximum absolute atomic E-state index is 10.7. The van der Waals surface area contributed by atoms with Crippen molar-refractivity contribution in [1.29, 1.82) is 0 Å². The molecule has 0 aliphatic heterocycles. The number of nitro benzene ring substituents is 1. The monoisotopic (exact) mass is 304 g/mol. The van der Waals surface area contributed by atoms with Gasteiger partial charge in [-0.2, -0.15) is 0 Å². The Morgan fingerprint density at radius 1 is 1.24 bits per heavy atom. The molecule has 2 rings (SSSR count). The Bertz CT molecular complexity index is 617. The van der Waals surface area contributed by atoms with Gasteiger partial charge >= 0.3 is 0 Å². The van der Waals surface area contributed by atoms with Gasteiger partial charge in [0, 0.05) is 25.2 Å². The van der Waals surface area contributed by atoms with Gasteiger partial charge in [0.25, 0.3) is 5.69 Å². The van der Waals surface area contributed by atoms with Crippen molar-refractivity contribution in [2.75, 3.05) is 6.54 Å². The summed E-state index contributed by atoms with van der Waals surface area (Å²) in [5.74, 6) is 0.392. The van der Waals surface area contributed by atoms with E-state index in [-0.39, 0.29) is 5.69 Å². The quantitative estimate of drug-likeness (QED) is 0.644. The summed E-state index contributed by atoms with van der Waals surface area (Å²) < 4.78 is 0. The minimum atomic E-state index is -0.444. The largest absolute Gasteiger partial charge is 0.312 e. The zero-order valence-electron chi connectivity index (χ0n) is 11.8. The smallest absolute Gasteiger partial charge is 0.270 e. The molecular weight excluding hydrogens is 288 g/mol. The van der Waals surface area contributed by atoms with Crippen LogP contribution < -0.4 is 5.32 Å². The van der Waals surface area contributed by atoms with Crippen LogP contribution in [-0.2, 0) is 6.54 Å². The molecule has 0 heterocycles. The minimum Gasteiger partial charge on any atom is -0.312 e. The fourth-order valence-corrected chi connectivity index (χ4v) is 2.36. The SMILES string of the molecule is CC(CNCc1ccc([N+](=O)[O-])cc1Cl)c1ccccc1. The van der Waals surface area contributed by atoms with Crippen molar-refractivity contribution in [1.82, 2.24) is 5.32 Å². The number of hydrogen-bond acceptors (Lipinski definition) is 3. The van der Waals surface area contributed by atoms with Crippen molar-refractivity contribution >= 4 is 17.3 Å². The van der Waals surface area contributed by atoms with E-state index in [1.54, 1.807) is 6.07 Å². The molecule has 4 nitrogen and oxygen atoms in total. The number of rotatable bonds is 6. The molecular formula is C16H17ClN2O2. The van der Waals surface area contributed by atoms with Crippen molar-refractivity contribution in [2.45, 2.75) is 19.4 Å². The zero-order valence-corrected chi connectivity index (χ0v) is 12.5. The lowest BCUT2D eigenvalue weighted by molar-refractivity contribution is -0.384. The highest BCUT2D eigenvalue weighted by Gasteiger charge is 2.10. The maximum atomic E-state index is 10.7. The molecule has 0 aliphatic rings. The van der Waals surface area contributed by atoms with E-state index in [9.17, 15) is 10.1 Å². The Morgan fingerprint density at radius 2 is 1.95 bits per heavy atom. The number of nitro groups is 1. The maximum Gasteiger partial charge on any atom is 0.270 e. The highest BCUT2D eigenvalue weighted by atomic mass is 35.5. The molecule has 0 spiro atoms. The summed E-state index contributed by atoms with van der Waals surface area (Å²) in [5, 5.41) is 14.4. The van der Waals surface area contributed by atoms with E-state index < -0.39 is 4.92 Å². The number of nitrogens with one attached hydrogen (secondary N) is 1. The van der Waals surface area contributed by atoms with E-state index in [4.69, 9.17) is 11.6 Å². The zero-order chi connectivity index (χ0) is 15.2. The molecule has 110 valence electrons. The summed E-state index contributed by atoms with van der Waals surface area (Å²) >= 11 is 6.06. The molecule has 0 aliphatic carbocycles. The molecule has 0 bridgehead atoms. The third-order valence-electron chi connectivity index (χ3n) is 3.38. The third kappa shape index (κ3) is 4.28. The highest BCUT2D eigenvalue weighted by molar-refractivity contribution is 6.31. The molecule has 0 amide bonds. The first-order valence-corrected chi connectivity index (χ1v) is 7.14. The van der Waals surface area contributed by atoms with Gasteiger partial charge in [-0.05, 0) is 23.1 Å². The average Bonchev–Trinajstić information content (AvgIpc) is 2.49. The predicted octanol–water partition coefficient (Wildman–Crippen LogP) is 4.14. The normalized spacial score (nSPS) is 12.1. The van der Waals surface area contributed by atoms with Crippen LogP contribution in [0.3, 0.4) is 0 Å². The molecule has 1 atom stereocenters.